The molecule has 1 saturated carbocycles. The first-order valence-corrected chi connectivity index (χ1v) is 6.38. The Labute approximate surface area is 102 Å². The zero-order valence-electron chi connectivity index (χ0n) is 11.2. The van der Waals surface area contributed by atoms with Crippen LogP contribution in [0.5, 0.6) is 0 Å². The number of hydrogen-bond acceptors (Lipinski definition) is 1. The van der Waals surface area contributed by atoms with Gasteiger partial charge in [0.1, 0.15) is 5.54 Å². The maximum atomic E-state index is 13.1. The molecule has 0 aromatic heterocycles. The van der Waals surface area contributed by atoms with Crippen molar-refractivity contribution in [3.05, 3.63) is 0 Å². The van der Waals surface area contributed by atoms with E-state index in [0.29, 0.717) is 18.8 Å². The molecule has 4 heteroatoms. The lowest BCUT2D eigenvalue weighted by Crippen LogP contribution is -2.55. The van der Waals surface area contributed by atoms with Gasteiger partial charge < -0.3 is 5.32 Å². The van der Waals surface area contributed by atoms with Crippen LogP contribution in [0.3, 0.4) is 0 Å². The summed E-state index contributed by atoms with van der Waals surface area (Å²) >= 11 is 0. The fraction of sp³-hybridized carbons (Fsp3) is 1.00. The van der Waals surface area contributed by atoms with E-state index in [1.54, 1.807) is 0 Å². The van der Waals surface area contributed by atoms with Crippen LogP contribution >= 0.6 is 0 Å². The van der Waals surface area contributed by atoms with Gasteiger partial charge in [-0.25, -0.2) is 0 Å². The van der Waals surface area contributed by atoms with Crippen molar-refractivity contribution in [2.75, 3.05) is 7.05 Å². The minimum Gasteiger partial charge on any atom is -0.307 e. The molecule has 2 atom stereocenters. The van der Waals surface area contributed by atoms with Crippen molar-refractivity contribution < 1.29 is 13.2 Å². The third-order valence-corrected chi connectivity index (χ3v) is 4.32. The van der Waals surface area contributed by atoms with Crippen LogP contribution in [0.1, 0.15) is 52.9 Å². The Bertz CT molecular complexity index is 254. The van der Waals surface area contributed by atoms with Gasteiger partial charge in [0.05, 0.1) is 0 Å². The molecule has 102 valence electrons. The van der Waals surface area contributed by atoms with Gasteiger partial charge in [0, 0.05) is 0 Å². The van der Waals surface area contributed by atoms with Crippen LogP contribution in [0, 0.1) is 11.3 Å². The standard InChI is InChI=1S/C13H24F3N/c1-11(2,3)10-6-5-8-12(17-4,9-7-10)13(14,15)16/h10,17H,5-9H2,1-4H3. The highest BCUT2D eigenvalue weighted by molar-refractivity contribution is 4.97. The molecule has 1 N–H and O–H groups in total. The third kappa shape index (κ3) is 3.15. The monoisotopic (exact) mass is 251 g/mol. The van der Waals surface area contributed by atoms with E-state index in [9.17, 15) is 13.2 Å². The van der Waals surface area contributed by atoms with Crippen LogP contribution in [0.15, 0.2) is 0 Å². The summed E-state index contributed by atoms with van der Waals surface area (Å²) in [5.41, 5.74) is -1.55. The number of rotatable bonds is 1. The first kappa shape index (κ1) is 14.8. The van der Waals surface area contributed by atoms with Gasteiger partial charge in [0.15, 0.2) is 0 Å². The van der Waals surface area contributed by atoms with Gasteiger partial charge in [-0.2, -0.15) is 13.2 Å². The lowest BCUT2D eigenvalue weighted by Gasteiger charge is -2.35. The molecular formula is C13H24F3N. The second-order valence-corrected chi connectivity index (χ2v) is 6.32. The summed E-state index contributed by atoms with van der Waals surface area (Å²) in [5.74, 6) is 0.389. The lowest BCUT2D eigenvalue weighted by atomic mass is 9.76. The molecule has 1 aliphatic carbocycles. The van der Waals surface area contributed by atoms with Crippen LogP contribution in [-0.2, 0) is 0 Å². The minimum atomic E-state index is -4.14. The van der Waals surface area contributed by atoms with E-state index >= 15 is 0 Å². The van der Waals surface area contributed by atoms with Gasteiger partial charge in [-0.05, 0) is 44.1 Å². The van der Waals surface area contributed by atoms with Crippen molar-refractivity contribution in [1.29, 1.82) is 0 Å². The molecule has 0 radical (unpaired) electrons. The summed E-state index contributed by atoms with van der Waals surface area (Å²) < 4.78 is 39.4. The first-order chi connectivity index (χ1) is 7.62. The summed E-state index contributed by atoms with van der Waals surface area (Å²) in [6, 6.07) is 0. The van der Waals surface area contributed by atoms with Gasteiger partial charge in [-0.1, -0.05) is 27.2 Å². The van der Waals surface area contributed by atoms with Gasteiger partial charge in [0.25, 0.3) is 0 Å². The average Bonchev–Trinajstić information content (AvgIpc) is 2.37. The van der Waals surface area contributed by atoms with E-state index in [2.05, 4.69) is 26.1 Å². The number of nitrogens with one attached hydrogen (secondary N) is 1. The third-order valence-electron chi connectivity index (χ3n) is 4.32. The maximum Gasteiger partial charge on any atom is 0.406 e. The summed E-state index contributed by atoms with van der Waals surface area (Å²) in [6.07, 6.45) is -1.52. The summed E-state index contributed by atoms with van der Waals surface area (Å²) in [4.78, 5) is 0. The molecule has 17 heavy (non-hydrogen) atoms. The van der Waals surface area contributed by atoms with Crippen molar-refractivity contribution in [2.24, 2.45) is 11.3 Å². The Morgan fingerprint density at radius 2 is 1.65 bits per heavy atom. The number of halogens is 3. The molecule has 0 aliphatic heterocycles. The van der Waals surface area contributed by atoms with Crippen molar-refractivity contribution in [3.8, 4) is 0 Å². The van der Waals surface area contributed by atoms with Gasteiger partial charge >= 0.3 is 6.18 Å². The molecular weight excluding hydrogens is 227 g/mol. The molecule has 0 spiro atoms. The molecule has 0 heterocycles. The van der Waals surface area contributed by atoms with Gasteiger partial charge in [-0.3, -0.25) is 0 Å². The fourth-order valence-corrected chi connectivity index (χ4v) is 2.88. The highest BCUT2D eigenvalue weighted by atomic mass is 19.4. The Kier molecular flexibility index (Phi) is 4.17. The molecule has 1 rings (SSSR count). The van der Waals surface area contributed by atoms with Crippen LogP contribution in [-0.4, -0.2) is 18.8 Å². The van der Waals surface area contributed by atoms with Crippen LogP contribution in [0.25, 0.3) is 0 Å². The van der Waals surface area contributed by atoms with Crippen LogP contribution in [0.4, 0.5) is 13.2 Å². The fourth-order valence-electron chi connectivity index (χ4n) is 2.88. The molecule has 0 aromatic carbocycles. The summed E-state index contributed by atoms with van der Waals surface area (Å²) in [6.45, 7) is 6.37. The highest BCUT2D eigenvalue weighted by Crippen LogP contribution is 2.45. The van der Waals surface area contributed by atoms with Crippen molar-refractivity contribution >= 4 is 0 Å². The van der Waals surface area contributed by atoms with E-state index in [-0.39, 0.29) is 18.3 Å². The SMILES string of the molecule is CNC1(C(F)(F)F)CCCC(C(C)(C)C)CC1. The van der Waals surface area contributed by atoms with Gasteiger partial charge in [0.2, 0.25) is 0 Å². The van der Waals surface area contributed by atoms with Crippen molar-refractivity contribution in [3.63, 3.8) is 0 Å². The van der Waals surface area contributed by atoms with Crippen LogP contribution < -0.4 is 5.32 Å². The molecule has 1 nitrogen and oxygen atoms in total. The Morgan fingerprint density at radius 1 is 1.06 bits per heavy atom. The maximum absolute atomic E-state index is 13.1. The molecule has 2 unspecified atom stereocenters. The Hall–Kier alpha value is -0.250. The topological polar surface area (TPSA) is 12.0 Å². The molecule has 0 aromatic rings. The largest absolute Gasteiger partial charge is 0.406 e. The van der Waals surface area contributed by atoms with E-state index in [4.69, 9.17) is 0 Å². The number of alkyl halides is 3. The first-order valence-electron chi connectivity index (χ1n) is 6.38. The van der Waals surface area contributed by atoms with Crippen molar-refractivity contribution in [1.82, 2.24) is 5.32 Å². The van der Waals surface area contributed by atoms with Crippen LogP contribution in [0.2, 0.25) is 0 Å². The quantitative estimate of drug-likeness (QED) is 0.691. The normalized spacial score (nSPS) is 32.3. The van der Waals surface area contributed by atoms with Gasteiger partial charge in [-0.15, -0.1) is 0 Å². The van der Waals surface area contributed by atoms with E-state index in [1.165, 1.54) is 7.05 Å². The van der Waals surface area contributed by atoms with E-state index in [0.717, 1.165) is 6.42 Å². The Balaban J connectivity index is 2.82. The predicted octanol–water partition coefficient (Wildman–Crippen LogP) is 4.13. The smallest absolute Gasteiger partial charge is 0.307 e. The highest BCUT2D eigenvalue weighted by Gasteiger charge is 2.54. The molecule has 1 fully saturated rings. The van der Waals surface area contributed by atoms with Crippen molar-refractivity contribution in [2.45, 2.75) is 64.6 Å². The second-order valence-electron chi connectivity index (χ2n) is 6.32. The Morgan fingerprint density at radius 3 is 2.06 bits per heavy atom. The second kappa shape index (κ2) is 4.79. The zero-order chi connectivity index (χ0) is 13.3. The molecule has 0 saturated heterocycles. The lowest BCUT2D eigenvalue weighted by molar-refractivity contribution is -0.199. The molecule has 0 bridgehead atoms. The van der Waals surface area contributed by atoms with E-state index < -0.39 is 11.7 Å². The molecule has 0 amide bonds. The summed E-state index contributed by atoms with van der Waals surface area (Å²) in [7, 11) is 1.44. The summed E-state index contributed by atoms with van der Waals surface area (Å²) in [5, 5.41) is 2.54. The average molecular weight is 251 g/mol. The molecule has 1 aliphatic rings. The predicted molar refractivity (Wildman–Crippen MR) is 63.9 cm³/mol. The minimum absolute atomic E-state index is 0.107. The van der Waals surface area contributed by atoms with E-state index in [1.807, 2.05) is 0 Å². The zero-order valence-corrected chi connectivity index (χ0v) is 11.2. The number of hydrogen-bond donors (Lipinski definition) is 1.